The topological polar surface area (TPSA) is 37.4 Å². The second kappa shape index (κ2) is 7.91. The number of benzene rings is 2. The molecule has 2 aliphatic rings. The molecule has 0 unspecified atom stereocenters. The Morgan fingerprint density at radius 3 is 2.19 bits per heavy atom. The van der Waals surface area contributed by atoms with Gasteiger partial charge in [0.05, 0.1) is 10.5 Å². The number of carbonyl (C=O) groups is 2. The maximum atomic E-state index is 13.3. The van der Waals surface area contributed by atoms with Gasteiger partial charge in [-0.25, -0.2) is 0 Å². The Balaban J connectivity index is 1.73. The predicted octanol–water partition coefficient (Wildman–Crippen LogP) is 5.54. The van der Waals surface area contributed by atoms with Crippen molar-refractivity contribution in [3.05, 3.63) is 70.1 Å². The summed E-state index contributed by atoms with van der Waals surface area (Å²) in [7, 11) is 0. The Hall–Kier alpha value is -2.04. The number of imide groups is 1. The highest BCUT2D eigenvalue weighted by Gasteiger charge is 2.43. The lowest BCUT2D eigenvalue weighted by molar-refractivity contribution is -0.139. The zero-order valence-corrected chi connectivity index (χ0v) is 16.4. The molecular weight excluding hydrogens is 378 g/mol. The fourth-order valence-corrected chi connectivity index (χ4v) is 4.90. The summed E-state index contributed by atoms with van der Waals surface area (Å²) in [4.78, 5) is 29.5. The third-order valence-electron chi connectivity index (χ3n) is 5.11. The average molecular weight is 398 g/mol. The first-order valence-corrected chi connectivity index (χ1v) is 10.5. The van der Waals surface area contributed by atoms with Gasteiger partial charge in [-0.15, -0.1) is 0 Å². The predicted molar refractivity (Wildman–Crippen MR) is 109 cm³/mol. The molecule has 5 heteroatoms. The van der Waals surface area contributed by atoms with E-state index >= 15 is 0 Å². The summed E-state index contributed by atoms with van der Waals surface area (Å²) >= 11 is 7.33. The van der Waals surface area contributed by atoms with Crippen LogP contribution in [0.4, 0.5) is 0 Å². The van der Waals surface area contributed by atoms with Gasteiger partial charge in [0.1, 0.15) is 0 Å². The van der Waals surface area contributed by atoms with Gasteiger partial charge in [0.2, 0.25) is 0 Å². The van der Waals surface area contributed by atoms with Gasteiger partial charge in [-0.1, -0.05) is 73.0 Å². The second-order valence-corrected chi connectivity index (χ2v) is 8.42. The van der Waals surface area contributed by atoms with Crippen molar-refractivity contribution in [2.45, 2.75) is 43.0 Å². The molecule has 4 rings (SSSR count). The summed E-state index contributed by atoms with van der Waals surface area (Å²) in [5.74, 6) is -0.319. The molecule has 1 fully saturated rings. The number of hydrogen-bond acceptors (Lipinski definition) is 3. The highest BCUT2D eigenvalue weighted by molar-refractivity contribution is 8.04. The van der Waals surface area contributed by atoms with Crippen molar-refractivity contribution in [3.8, 4) is 0 Å². The van der Waals surface area contributed by atoms with Gasteiger partial charge in [-0.2, -0.15) is 0 Å². The minimum atomic E-state index is -0.161. The van der Waals surface area contributed by atoms with E-state index in [-0.39, 0.29) is 17.9 Å². The minimum Gasteiger partial charge on any atom is -0.271 e. The normalized spacial score (nSPS) is 18.5. The summed E-state index contributed by atoms with van der Waals surface area (Å²) in [6.07, 6.45) is 5.12. The number of thioether (sulfide) groups is 1. The molecule has 27 heavy (non-hydrogen) atoms. The molecule has 0 radical (unpaired) electrons. The van der Waals surface area contributed by atoms with E-state index in [4.69, 9.17) is 11.6 Å². The molecule has 0 spiro atoms. The smallest absolute Gasteiger partial charge is 0.268 e. The fourth-order valence-electron chi connectivity index (χ4n) is 3.77. The molecule has 3 nitrogen and oxygen atoms in total. The van der Waals surface area contributed by atoms with Crippen molar-refractivity contribution in [3.63, 3.8) is 0 Å². The molecule has 0 saturated heterocycles. The number of halogens is 1. The molecule has 0 bridgehead atoms. The van der Waals surface area contributed by atoms with Crippen molar-refractivity contribution in [1.29, 1.82) is 0 Å². The first kappa shape index (κ1) is 18.3. The van der Waals surface area contributed by atoms with E-state index in [1.54, 1.807) is 12.1 Å². The maximum absolute atomic E-state index is 13.3. The van der Waals surface area contributed by atoms with Crippen LogP contribution in [0.15, 0.2) is 64.4 Å². The zero-order valence-electron chi connectivity index (χ0n) is 14.9. The van der Waals surface area contributed by atoms with Crippen molar-refractivity contribution in [2.24, 2.45) is 0 Å². The molecule has 1 aliphatic carbocycles. The molecule has 1 heterocycles. The number of amides is 2. The maximum Gasteiger partial charge on any atom is 0.268 e. The average Bonchev–Trinajstić information content (AvgIpc) is 2.95. The molecule has 0 aromatic heterocycles. The summed E-state index contributed by atoms with van der Waals surface area (Å²) in [5, 5.41) is 0.647. The number of nitrogens with zero attached hydrogens (tertiary/aromatic N) is 1. The van der Waals surface area contributed by atoms with Crippen LogP contribution in [0.25, 0.3) is 5.57 Å². The Labute approximate surface area is 168 Å². The van der Waals surface area contributed by atoms with Gasteiger partial charge in [0, 0.05) is 16.0 Å². The first-order valence-electron chi connectivity index (χ1n) is 9.26. The van der Waals surface area contributed by atoms with Crippen molar-refractivity contribution in [2.75, 3.05) is 0 Å². The largest absolute Gasteiger partial charge is 0.271 e. The monoisotopic (exact) mass is 397 g/mol. The molecular formula is C22H20ClNO2S. The molecule has 2 aromatic carbocycles. The molecule has 138 valence electrons. The lowest BCUT2D eigenvalue weighted by atomic mass is 9.94. The van der Waals surface area contributed by atoms with Crippen LogP contribution in [-0.2, 0) is 9.59 Å². The quantitative estimate of drug-likeness (QED) is 0.635. The molecule has 1 aliphatic heterocycles. The van der Waals surface area contributed by atoms with Crippen LogP contribution in [0, 0.1) is 0 Å². The van der Waals surface area contributed by atoms with Gasteiger partial charge in [-0.3, -0.25) is 14.5 Å². The van der Waals surface area contributed by atoms with Crippen LogP contribution in [0.2, 0.25) is 5.02 Å². The van der Waals surface area contributed by atoms with E-state index in [0.717, 1.165) is 36.1 Å². The third kappa shape index (κ3) is 3.69. The summed E-state index contributed by atoms with van der Waals surface area (Å²) < 4.78 is 0. The lowest BCUT2D eigenvalue weighted by Gasteiger charge is -2.29. The first-order chi connectivity index (χ1) is 13.1. The lowest BCUT2D eigenvalue weighted by Crippen LogP contribution is -2.42. The number of rotatable bonds is 4. The van der Waals surface area contributed by atoms with E-state index in [9.17, 15) is 9.59 Å². The Bertz CT molecular complexity index is 886. The number of hydrogen-bond donors (Lipinski definition) is 0. The van der Waals surface area contributed by atoms with Crippen LogP contribution < -0.4 is 0 Å². The highest BCUT2D eigenvalue weighted by atomic mass is 35.5. The van der Waals surface area contributed by atoms with Gasteiger partial charge >= 0.3 is 0 Å². The van der Waals surface area contributed by atoms with Crippen molar-refractivity contribution in [1.82, 2.24) is 4.90 Å². The number of carbonyl (C=O) groups excluding carboxylic acids is 2. The van der Waals surface area contributed by atoms with Gasteiger partial charge in [0.15, 0.2) is 0 Å². The minimum absolute atomic E-state index is 0.0146. The third-order valence-corrected chi connectivity index (χ3v) is 6.45. The van der Waals surface area contributed by atoms with Crippen LogP contribution >= 0.6 is 23.4 Å². The molecule has 0 N–H and O–H groups in total. The standard InChI is InChI=1S/C22H20ClNO2S/c23-16-11-13-18(14-12-16)27-20-19(15-7-3-1-4-8-15)21(25)24(22(20)26)17-9-5-2-6-10-17/h1,3-4,7-8,11-14,17H,2,5-6,9-10H2. The molecule has 2 aromatic rings. The van der Waals surface area contributed by atoms with E-state index in [1.165, 1.54) is 23.1 Å². The van der Waals surface area contributed by atoms with Crippen LogP contribution in [0.3, 0.4) is 0 Å². The van der Waals surface area contributed by atoms with E-state index in [0.29, 0.717) is 15.5 Å². The van der Waals surface area contributed by atoms with Crippen LogP contribution in [0.1, 0.15) is 37.7 Å². The van der Waals surface area contributed by atoms with Crippen LogP contribution in [0.5, 0.6) is 0 Å². The zero-order chi connectivity index (χ0) is 18.8. The Kier molecular flexibility index (Phi) is 5.37. The summed E-state index contributed by atoms with van der Waals surface area (Å²) in [6, 6.07) is 16.9. The van der Waals surface area contributed by atoms with E-state index < -0.39 is 0 Å². The molecule has 1 saturated carbocycles. The SMILES string of the molecule is O=C1C(Sc2ccc(Cl)cc2)=C(c2ccccc2)C(=O)N1C1CCCCC1. The Morgan fingerprint density at radius 1 is 0.852 bits per heavy atom. The molecule has 0 atom stereocenters. The van der Waals surface area contributed by atoms with Crippen LogP contribution in [-0.4, -0.2) is 22.8 Å². The van der Waals surface area contributed by atoms with E-state index in [2.05, 4.69) is 0 Å². The van der Waals surface area contributed by atoms with Gasteiger partial charge in [-0.05, 0) is 42.7 Å². The van der Waals surface area contributed by atoms with Gasteiger partial charge in [0.25, 0.3) is 11.8 Å². The van der Waals surface area contributed by atoms with Crippen molar-refractivity contribution < 1.29 is 9.59 Å². The van der Waals surface area contributed by atoms with E-state index in [1.807, 2.05) is 42.5 Å². The fraction of sp³-hybridized carbons (Fsp3) is 0.273. The highest BCUT2D eigenvalue weighted by Crippen LogP contribution is 2.42. The summed E-state index contributed by atoms with van der Waals surface area (Å²) in [6.45, 7) is 0. The summed E-state index contributed by atoms with van der Waals surface area (Å²) in [5.41, 5.74) is 1.32. The van der Waals surface area contributed by atoms with Crippen molar-refractivity contribution >= 4 is 40.8 Å². The van der Waals surface area contributed by atoms with Gasteiger partial charge < -0.3 is 0 Å². The second-order valence-electron chi connectivity index (χ2n) is 6.90. The molecule has 2 amide bonds. The Morgan fingerprint density at radius 2 is 1.52 bits per heavy atom.